The van der Waals surface area contributed by atoms with Crippen LogP contribution in [-0.4, -0.2) is 17.6 Å². The first kappa shape index (κ1) is 14.7. The van der Waals surface area contributed by atoms with Crippen molar-refractivity contribution in [2.45, 2.75) is 6.92 Å². The summed E-state index contributed by atoms with van der Waals surface area (Å²) in [5.74, 6) is -0.698. The summed E-state index contributed by atoms with van der Waals surface area (Å²) in [6.45, 7) is 2.08. The predicted molar refractivity (Wildman–Crippen MR) is 79.6 cm³/mol. The average Bonchev–Trinajstić information content (AvgIpc) is 2.49. The molecule has 1 aromatic carbocycles. The summed E-state index contributed by atoms with van der Waals surface area (Å²) in [4.78, 5) is 15.4. The van der Waals surface area contributed by atoms with Crippen LogP contribution in [0.2, 0.25) is 0 Å². The minimum Gasteiger partial charge on any atom is -0.463 e. The zero-order valence-corrected chi connectivity index (χ0v) is 11.5. The van der Waals surface area contributed by atoms with Crippen LogP contribution in [0.15, 0.2) is 48.8 Å². The van der Waals surface area contributed by atoms with Gasteiger partial charge < -0.3 is 10.1 Å². The number of esters is 1. The Morgan fingerprint density at radius 3 is 2.81 bits per heavy atom. The molecule has 0 atom stereocenters. The normalized spacial score (nSPS) is 10.6. The molecule has 0 amide bonds. The molecule has 0 aliphatic heterocycles. The number of carbonyl (C=O) groups is 1. The van der Waals surface area contributed by atoms with E-state index in [1.807, 2.05) is 0 Å². The van der Waals surface area contributed by atoms with Gasteiger partial charge in [0.1, 0.15) is 5.82 Å². The molecule has 0 saturated heterocycles. The molecule has 1 heterocycles. The summed E-state index contributed by atoms with van der Waals surface area (Å²) in [5.41, 5.74) is 2.22. The number of benzene rings is 1. The summed E-state index contributed by atoms with van der Waals surface area (Å²) >= 11 is 0. The van der Waals surface area contributed by atoms with E-state index >= 15 is 0 Å². The van der Waals surface area contributed by atoms with E-state index in [2.05, 4.69) is 10.3 Å². The lowest BCUT2D eigenvalue weighted by molar-refractivity contribution is -0.137. The van der Waals surface area contributed by atoms with Crippen molar-refractivity contribution in [2.75, 3.05) is 11.9 Å². The quantitative estimate of drug-likeness (QED) is 0.674. The molecule has 0 aliphatic rings. The van der Waals surface area contributed by atoms with E-state index in [0.717, 1.165) is 11.3 Å². The fourth-order valence-electron chi connectivity index (χ4n) is 1.69. The molecule has 0 unspecified atom stereocenters. The Kier molecular flexibility index (Phi) is 5.04. The zero-order valence-electron chi connectivity index (χ0n) is 11.5. The van der Waals surface area contributed by atoms with Gasteiger partial charge in [-0.15, -0.1) is 0 Å². The lowest BCUT2D eigenvalue weighted by Gasteiger charge is -2.09. The van der Waals surface area contributed by atoms with Gasteiger partial charge in [0, 0.05) is 23.5 Å². The van der Waals surface area contributed by atoms with Gasteiger partial charge in [-0.3, -0.25) is 4.98 Å². The maximum absolute atomic E-state index is 12.9. The van der Waals surface area contributed by atoms with Crippen molar-refractivity contribution >= 4 is 23.4 Å². The van der Waals surface area contributed by atoms with E-state index in [0.29, 0.717) is 12.3 Å². The molecule has 0 aliphatic carbocycles. The van der Waals surface area contributed by atoms with E-state index in [4.69, 9.17) is 4.74 Å². The third-order valence-electron chi connectivity index (χ3n) is 2.66. The number of pyridine rings is 1. The highest BCUT2D eigenvalue weighted by Crippen LogP contribution is 2.21. The molecule has 0 bridgehead atoms. The fourth-order valence-corrected chi connectivity index (χ4v) is 1.69. The van der Waals surface area contributed by atoms with Gasteiger partial charge in [0.2, 0.25) is 0 Å². The molecule has 1 N–H and O–H groups in total. The molecular formula is C16H15FN2O2. The van der Waals surface area contributed by atoms with Crippen molar-refractivity contribution < 1.29 is 13.9 Å². The second-order valence-corrected chi connectivity index (χ2v) is 4.18. The lowest BCUT2D eigenvalue weighted by atomic mass is 10.2. The molecule has 5 heteroatoms. The van der Waals surface area contributed by atoms with Crippen molar-refractivity contribution in [3.05, 3.63) is 60.2 Å². The maximum Gasteiger partial charge on any atom is 0.330 e. The molecule has 2 rings (SSSR count). The lowest BCUT2D eigenvalue weighted by Crippen LogP contribution is -1.99. The molecule has 0 spiro atoms. The fraction of sp³-hybridized carbons (Fsp3) is 0.125. The van der Waals surface area contributed by atoms with Crippen LogP contribution in [0.1, 0.15) is 12.5 Å². The standard InChI is InChI=1S/C16H15FN2O2/c1-2-21-16(20)8-3-12-9-10-18-11-15(12)19-14-6-4-13(17)5-7-14/h3-11,19H,2H2,1H3/b8-3+. The SMILES string of the molecule is CCOC(=O)/C=C/c1ccncc1Nc1ccc(F)cc1. The highest BCUT2D eigenvalue weighted by Gasteiger charge is 2.02. The summed E-state index contributed by atoms with van der Waals surface area (Å²) < 4.78 is 17.7. The molecule has 0 radical (unpaired) electrons. The van der Waals surface area contributed by atoms with Crippen LogP contribution in [0.5, 0.6) is 0 Å². The van der Waals surface area contributed by atoms with Gasteiger partial charge in [0.15, 0.2) is 0 Å². The third kappa shape index (κ3) is 4.42. The van der Waals surface area contributed by atoms with Gasteiger partial charge in [-0.25, -0.2) is 9.18 Å². The molecule has 2 aromatic rings. The molecule has 21 heavy (non-hydrogen) atoms. The highest BCUT2D eigenvalue weighted by atomic mass is 19.1. The van der Waals surface area contributed by atoms with Gasteiger partial charge in [0.25, 0.3) is 0 Å². The maximum atomic E-state index is 12.9. The smallest absolute Gasteiger partial charge is 0.330 e. The number of halogens is 1. The van der Waals surface area contributed by atoms with E-state index in [9.17, 15) is 9.18 Å². The van der Waals surface area contributed by atoms with Gasteiger partial charge in [0.05, 0.1) is 18.5 Å². The minimum atomic E-state index is -0.401. The number of aromatic nitrogens is 1. The molecule has 0 saturated carbocycles. The van der Waals surface area contributed by atoms with Gasteiger partial charge in [-0.05, 0) is 43.3 Å². The van der Waals surface area contributed by atoms with E-state index < -0.39 is 5.97 Å². The van der Waals surface area contributed by atoms with Crippen molar-refractivity contribution in [2.24, 2.45) is 0 Å². The Hall–Kier alpha value is -2.69. The third-order valence-corrected chi connectivity index (χ3v) is 2.66. The Morgan fingerprint density at radius 1 is 1.33 bits per heavy atom. The molecular weight excluding hydrogens is 271 g/mol. The van der Waals surface area contributed by atoms with Gasteiger partial charge in [-0.1, -0.05) is 0 Å². The Labute approximate surface area is 122 Å². The number of hydrogen-bond acceptors (Lipinski definition) is 4. The van der Waals surface area contributed by atoms with Crippen molar-refractivity contribution in [3.63, 3.8) is 0 Å². The summed E-state index contributed by atoms with van der Waals surface area (Å²) in [5, 5.41) is 3.12. The minimum absolute atomic E-state index is 0.297. The topological polar surface area (TPSA) is 51.2 Å². The first-order valence-corrected chi connectivity index (χ1v) is 6.50. The molecule has 108 valence electrons. The Morgan fingerprint density at radius 2 is 2.10 bits per heavy atom. The summed E-state index contributed by atoms with van der Waals surface area (Å²) in [7, 11) is 0. The summed E-state index contributed by atoms with van der Waals surface area (Å²) in [6, 6.07) is 7.75. The average molecular weight is 286 g/mol. The number of carbonyl (C=O) groups excluding carboxylic acids is 1. The monoisotopic (exact) mass is 286 g/mol. The van der Waals surface area contributed by atoms with Gasteiger partial charge in [-0.2, -0.15) is 0 Å². The van der Waals surface area contributed by atoms with Crippen molar-refractivity contribution in [1.29, 1.82) is 0 Å². The van der Waals surface area contributed by atoms with Crippen LogP contribution in [0.4, 0.5) is 15.8 Å². The van der Waals surface area contributed by atoms with E-state index in [1.165, 1.54) is 18.2 Å². The molecule has 4 nitrogen and oxygen atoms in total. The first-order valence-electron chi connectivity index (χ1n) is 6.50. The number of ether oxygens (including phenoxy) is 1. The van der Waals surface area contributed by atoms with Crippen LogP contribution < -0.4 is 5.32 Å². The van der Waals surface area contributed by atoms with Gasteiger partial charge >= 0.3 is 5.97 Å². The molecule has 0 fully saturated rings. The van der Waals surface area contributed by atoms with Crippen molar-refractivity contribution in [3.8, 4) is 0 Å². The van der Waals surface area contributed by atoms with Crippen LogP contribution in [-0.2, 0) is 9.53 Å². The molecule has 1 aromatic heterocycles. The second-order valence-electron chi connectivity index (χ2n) is 4.18. The van der Waals surface area contributed by atoms with E-state index in [-0.39, 0.29) is 5.82 Å². The number of hydrogen-bond donors (Lipinski definition) is 1. The summed E-state index contributed by atoms with van der Waals surface area (Å²) in [6.07, 6.45) is 6.26. The van der Waals surface area contributed by atoms with Crippen LogP contribution in [0, 0.1) is 5.82 Å². The van der Waals surface area contributed by atoms with Crippen molar-refractivity contribution in [1.82, 2.24) is 4.98 Å². The zero-order chi connectivity index (χ0) is 15.1. The number of nitrogens with one attached hydrogen (secondary N) is 1. The van der Waals surface area contributed by atoms with Crippen LogP contribution in [0.25, 0.3) is 6.08 Å². The number of rotatable bonds is 5. The predicted octanol–water partition coefficient (Wildman–Crippen LogP) is 3.54. The highest BCUT2D eigenvalue weighted by molar-refractivity contribution is 5.88. The Bertz CT molecular complexity index is 639. The number of nitrogens with zero attached hydrogens (tertiary/aromatic N) is 1. The first-order chi connectivity index (χ1) is 10.2. The second kappa shape index (κ2) is 7.19. The largest absolute Gasteiger partial charge is 0.463 e. The van der Waals surface area contributed by atoms with Crippen LogP contribution in [0.3, 0.4) is 0 Å². The number of anilines is 2. The Balaban J connectivity index is 2.16. The van der Waals surface area contributed by atoms with E-state index in [1.54, 1.807) is 43.6 Å². The van der Waals surface area contributed by atoms with Crippen LogP contribution >= 0.6 is 0 Å².